The number of rotatable bonds is 4. The van der Waals surface area contributed by atoms with Gasteiger partial charge in [-0.05, 0) is 46.7 Å². The number of aryl methyl sites for hydroxylation is 2. The monoisotopic (exact) mass is 266 g/mol. The van der Waals surface area contributed by atoms with E-state index >= 15 is 0 Å². The van der Waals surface area contributed by atoms with Gasteiger partial charge in [-0.15, -0.1) is 0 Å². The summed E-state index contributed by atoms with van der Waals surface area (Å²) in [6.07, 6.45) is 1.75. The number of carbonyl (C=O) groups is 1. The summed E-state index contributed by atoms with van der Waals surface area (Å²) in [5, 5.41) is 3.97. The van der Waals surface area contributed by atoms with Crippen molar-refractivity contribution >= 4 is 5.97 Å². The first-order valence-corrected chi connectivity index (χ1v) is 6.92. The van der Waals surface area contributed by atoms with Gasteiger partial charge in [0.2, 0.25) is 0 Å². The maximum absolute atomic E-state index is 11.7. The van der Waals surface area contributed by atoms with Crippen molar-refractivity contribution in [3.8, 4) is 0 Å². The molecule has 0 aromatic carbocycles. The second-order valence-corrected chi connectivity index (χ2v) is 5.11. The van der Waals surface area contributed by atoms with E-state index in [-0.39, 0.29) is 11.9 Å². The number of ether oxygens (including phenoxy) is 1. The molecule has 1 fully saturated rings. The van der Waals surface area contributed by atoms with E-state index in [1.54, 1.807) is 0 Å². The van der Waals surface area contributed by atoms with Crippen molar-refractivity contribution in [2.75, 3.05) is 19.7 Å². The molecule has 19 heavy (non-hydrogen) atoms. The summed E-state index contributed by atoms with van der Waals surface area (Å²) < 4.78 is 10.3. The maximum atomic E-state index is 11.7. The molecule has 0 N–H and O–H groups in total. The highest BCUT2D eigenvalue weighted by atomic mass is 16.5. The molecule has 2 heterocycles. The summed E-state index contributed by atoms with van der Waals surface area (Å²) >= 11 is 0. The zero-order valence-electron chi connectivity index (χ0n) is 11.9. The van der Waals surface area contributed by atoms with Gasteiger partial charge in [-0.2, -0.15) is 0 Å². The highest BCUT2D eigenvalue weighted by Gasteiger charge is 2.26. The first-order valence-electron chi connectivity index (χ1n) is 6.92. The van der Waals surface area contributed by atoms with Crippen LogP contribution < -0.4 is 0 Å². The standard InChI is InChI=1S/C14H22N2O3/c1-4-18-14(17)12-5-7-16(8-6-12)9-13-10(2)15-19-11(13)3/h12H,4-9H2,1-3H3. The largest absolute Gasteiger partial charge is 0.466 e. The molecule has 1 aromatic rings. The Morgan fingerprint density at radius 1 is 1.42 bits per heavy atom. The quantitative estimate of drug-likeness (QED) is 0.781. The van der Waals surface area contributed by atoms with Crippen LogP contribution >= 0.6 is 0 Å². The SMILES string of the molecule is CCOC(=O)C1CCN(Cc2c(C)noc2C)CC1. The van der Waals surface area contributed by atoms with E-state index in [9.17, 15) is 4.79 Å². The van der Waals surface area contributed by atoms with Crippen molar-refractivity contribution < 1.29 is 14.1 Å². The van der Waals surface area contributed by atoms with Crippen molar-refractivity contribution in [3.63, 3.8) is 0 Å². The predicted octanol–water partition coefficient (Wildman–Crippen LogP) is 2.07. The number of carbonyl (C=O) groups excluding carboxylic acids is 1. The first-order chi connectivity index (χ1) is 9.11. The van der Waals surface area contributed by atoms with Crippen LogP contribution in [0.4, 0.5) is 0 Å². The fourth-order valence-corrected chi connectivity index (χ4v) is 2.54. The van der Waals surface area contributed by atoms with Crippen LogP contribution in [0.5, 0.6) is 0 Å². The Bertz CT molecular complexity index is 414. The fraction of sp³-hybridized carbons (Fsp3) is 0.714. The smallest absolute Gasteiger partial charge is 0.309 e. The molecule has 0 aliphatic carbocycles. The average Bonchev–Trinajstić information content (AvgIpc) is 2.72. The molecule has 1 aromatic heterocycles. The van der Waals surface area contributed by atoms with Crippen LogP contribution in [-0.4, -0.2) is 35.7 Å². The predicted molar refractivity (Wildman–Crippen MR) is 70.6 cm³/mol. The minimum absolute atomic E-state index is 0.0421. The number of hydrogen-bond donors (Lipinski definition) is 0. The maximum Gasteiger partial charge on any atom is 0.309 e. The molecule has 0 atom stereocenters. The fourth-order valence-electron chi connectivity index (χ4n) is 2.54. The van der Waals surface area contributed by atoms with Gasteiger partial charge in [0.25, 0.3) is 0 Å². The van der Waals surface area contributed by atoms with Gasteiger partial charge in [0.05, 0.1) is 18.2 Å². The van der Waals surface area contributed by atoms with Crippen molar-refractivity contribution in [2.24, 2.45) is 5.92 Å². The number of piperidine rings is 1. The Kier molecular flexibility index (Phi) is 4.58. The zero-order chi connectivity index (χ0) is 13.8. The van der Waals surface area contributed by atoms with Crippen molar-refractivity contribution in [1.82, 2.24) is 10.1 Å². The average molecular weight is 266 g/mol. The van der Waals surface area contributed by atoms with E-state index in [0.29, 0.717) is 6.61 Å². The molecular formula is C14H22N2O3. The molecule has 0 spiro atoms. The molecule has 0 saturated carbocycles. The van der Waals surface area contributed by atoms with Gasteiger partial charge in [-0.25, -0.2) is 0 Å². The second kappa shape index (κ2) is 6.19. The molecule has 0 amide bonds. The third-order valence-corrected chi connectivity index (χ3v) is 3.77. The summed E-state index contributed by atoms with van der Waals surface area (Å²) in [4.78, 5) is 14.0. The van der Waals surface area contributed by atoms with Crippen molar-refractivity contribution in [1.29, 1.82) is 0 Å². The summed E-state index contributed by atoms with van der Waals surface area (Å²) in [6, 6.07) is 0. The third-order valence-electron chi connectivity index (χ3n) is 3.77. The first kappa shape index (κ1) is 14.1. The minimum atomic E-state index is -0.0421. The lowest BCUT2D eigenvalue weighted by molar-refractivity contribution is -0.149. The molecule has 106 valence electrons. The Morgan fingerprint density at radius 2 is 2.11 bits per heavy atom. The van der Waals surface area contributed by atoms with E-state index in [2.05, 4.69) is 10.1 Å². The van der Waals surface area contributed by atoms with Crippen molar-refractivity contribution in [3.05, 3.63) is 17.0 Å². The number of nitrogens with zero attached hydrogens (tertiary/aromatic N) is 2. The Balaban J connectivity index is 1.85. The van der Waals surface area contributed by atoms with Crippen LogP contribution in [-0.2, 0) is 16.1 Å². The van der Waals surface area contributed by atoms with Gasteiger partial charge in [0.1, 0.15) is 5.76 Å². The lowest BCUT2D eigenvalue weighted by Gasteiger charge is -2.30. The highest BCUT2D eigenvalue weighted by Crippen LogP contribution is 2.22. The van der Waals surface area contributed by atoms with Gasteiger partial charge in [0, 0.05) is 12.1 Å². The minimum Gasteiger partial charge on any atom is -0.466 e. The molecule has 2 rings (SSSR count). The van der Waals surface area contributed by atoms with Crippen LogP contribution in [0.15, 0.2) is 4.52 Å². The summed E-state index contributed by atoms with van der Waals surface area (Å²) in [5.41, 5.74) is 2.14. The number of esters is 1. The topological polar surface area (TPSA) is 55.6 Å². The molecule has 5 nitrogen and oxygen atoms in total. The third kappa shape index (κ3) is 3.35. The molecule has 1 saturated heterocycles. The molecule has 0 unspecified atom stereocenters. The molecule has 1 aliphatic rings. The van der Waals surface area contributed by atoms with E-state index in [1.807, 2.05) is 20.8 Å². The number of hydrogen-bond acceptors (Lipinski definition) is 5. The van der Waals surface area contributed by atoms with E-state index in [1.165, 1.54) is 5.56 Å². The van der Waals surface area contributed by atoms with Gasteiger partial charge in [-0.1, -0.05) is 5.16 Å². The molecule has 5 heteroatoms. The molecular weight excluding hydrogens is 244 g/mol. The van der Waals surface area contributed by atoms with Gasteiger partial charge in [0.15, 0.2) is 0 Å². The van der Waals surface area contributed by atoms with Crippen LogP contribution in [0.1, 0.15) is 36.8 Å². The van der Waals surface area contributed by atoms with E-state index < -0.39 is 0 Å². The van der Waals surface area contributed by atoms with E-state index in [0.717, 1.165) is 43.9 Å². The van der Waals surface area contributed by atoms with Crippen LogP contribution in [0.3, 0.4) is 0 Å². The lowest BCUT2D eigenvalue weighted by atomic mass is 9.96. The van der Waals surface area contributed by atoms with Gasteiger partial charge < -0.3 is 9.26 Å². The van der Waals surface area contributed by atoms with Crippen LogP contribution in [0, 0.1) is 19.8 Å². The number of likely N-dealkylation sites (tertiary alicyclic amines) is 1. The van der Waals surface area contributed by atoms with E-state index in [4.69, 9.17) is 9.26 Å². The van der Waals surface area contributed by atoms with Crippen molar-refractivity contribution in [2.45, 2.75) is 40.2 Å². The Labute approximate surface area is 113 Å². The summed E-state index contributed by atoms with van der Waals surface area (Å²) in [6.45, 7) is 8.94. The Hall–Kier alpha value is -1.36. The number of aromatic nitrogens is 1. The zero-order valence-corrected chi connectivity index (χ0v) is 11.9. The molecule has 0 radical (unpaired) electrons. The summed E-state index contributed by atoms with van der Waals surface area (Å²) in [7, 11) is 0. The van der Waals surface area contributed by atoms with Gasteiger partial charge in [-0.3, -0.25) is 9.69 Å². The normalized spacial score (nSPS) is 17.6. The lowest BCUT2D eigenvalue weighted by Crippen LogP contribution is -2.36. The van der Waals surface area contributed by atoms with Crippen LogP contribution in [0.2, 0.25) is 0 Å². The second-order valence-electron chi connectivity index (χ2n) is 5.11. The summed E-state index contributed by atoms with van der Waals surface area (Å²) in [5.74, 6) is 0.922. The molecule has 0 bridgehead atoms. The van der Waals surface area contributed by atoms with Gasteiger partial charge >= 0.3 is 5.97 Å². The highest BCUT2D eigenvalue weighted by molar-refractivity contribution is 5.72. The Morgan fingerprint density at radius 3 is 2.63 bits per heavy atom. The molecule has 1 aliphatic heterocycles. The van der Waals surface area contributed by atoms with Crippen LogP contribution in [0.25, 0.3) is 0 Å².